The van der Waals surface area contributed by atoms with Crippen LogP contribution in [0.3, 0.4) is 0 Å². The largest absolute Gasteiger partial charge is 0.418 e. The first kappa shape index (κ1) is 18.0. The number of hydrogen-bond donors (Lipinski definition) is 1. The van der Waals surface area contributed by atoms with Crippen LogP contribution in [0, 0.1) is 6.92 Å². The molecule has 1 N–H and O–H groups in total. The fraction of sp³-hybridized carbons (Fsp3) is 0.111. The number of nitrogens with one attached hydrogen (secondary N) is 1. The maximum absolute atomic E-state index is 13.3. The maximum atomic E-state index is 13.3. The molecule has 0 radical (unpaired) electrons. The summed E-state index contributed by atoms with van der Waals surface area (Å²) >= 11 is 6.00. The van der Waals surface area contributed by atoms with Crippen molar-refractivity contribution in [1.29, 1.82) is 0 Å². The van der Waals surface area contributed by atoms with E-state index < -0.39 is 17.6 Å². The first-order valence-electron chi connectivity index (χ1n) is 7.56. The Morgan fingerprint density at radius 1 is 1.12 bits per heavy atom. The van der Waals surface area contributed by atoms with Crippen LogP contribution in [-0.2, 0) is 6.18 Å². The van der Waals surface area contributed by atoms with E-state index in [9.17, 15) is 18.0 Å². The number of halogens is 4. The summed E-state index contributed by atoms with van der Waals surface area (Å²) in [6.07, 6.45) is -4.56. The summed E-state index contributed by atoms with van der Waals surface area (Å²) in [6, 6.07) is 12.9. The molecular formula is C18H13ClF3N3O. The van der Waals surface area contributed by atoms with E-state index in [4.69, 9.17) is 11.6 Å². The highest BCUT2D eigenvalue weighted by Gasteiger charge is 2.34. The van der Waals surface area contributed by atoms with Crippen LogP contribution < -0.4 is 5.32 Å². The van der Waals surface area contributed by atoms with Crippen LogP contribution in [0.15, 0.2) is 54.6 Å². The van der Waals surface area contributed by atoms with Gasteiger partial charge in [-0.05, 0) is 31.2 Å². The Morgan fingerprint density at radius 3 is 2.46 bits per heavy atom. The van der Waals surface area contributed by atoms with Crippen molar-refractivity contribution < 1.29 is 18.0 Å². The molecule has 0 atom stereocenters. The molecule has 134 valence electrons. The van der Waals surface area contributed by atoms with E-state index in [0.29, 0.717) is 5.69 Å². The Bertz CT molecular complexity index is 966. The first-order chi connectivity index (χ1) is 12.3. The number of amides is 1. The molecule has 26 heavy (non-hydrogen) atoms. The second kappa shape index (κ2) is 6.84. The van der Waals surface area contributed by atoms with Crippen molar-refractivity contribution in [3.8, 4) is 5.69 Å². The van der Waals surface area contributed by atoms with Crippen LogP contribution in [0.5, 0.6) is 0 Å². The third-order valence-corrected chi connectivity index (χ3v) is 3.96. The maximum Gasteiger partial charge on any atom is 0.418 e. The normalized spacial score (nSPS) is 11.4. The van der Waals surface area contributed by atoms with Gasteiger partial charge in [0.15, 0.2) is 0 Å². The van der Waals surface area contributed by atoms with E-state index in [1.54, 1.807) is 25.1 Å². The Hall–Kier alpha value is -2.80. The van der Waals surface area contributed by atoms with Gasteiger partial charge in [0.05, 0.1) is 27.5 Å². The van der Waals surface area contributed by atoms with Crippen LogP contribution in [0.1, 0.15) is 21.6 Å². The summed E-state index contributed by atoms with van der Waals surface area (Å²) < 4.78 is 41.0. The zero-order valence-electron chi connectivity index (χ0n) is 13.5. The van der Waals surface area contributed by atoms with Gasteiger partial charge in [-0.3, -0.25) is 4.79 Å². The lowest BCUT2D eigenvalue weighted by Crippen LogP contribution is -2.17. The van der Waals surface area contributed by atoms with Crippen molar-refractivity contribution in [3.05, 3.63) is 76.4 Å². The van der Waals surface area contributed by atoms with Crippen molar-refractivity contribution >= 4 is 23.3 Å². The van der Waals surface area contributed by atoms with Gasteiger partial charge in [0.25, 0.3) is 5.91 Å². The molecular weight excluding hydrogens is 367 g/mol. The minimum absolute atomic E-state index is 0.115. The van der Waals surface area contributed by atoms with Gasteiger partial charge in [0.2, 0.25) is 0 Å². The molecule has 0 aliphatic carbocycles. The number of hydrogen-bond acceptors (Lipinski definition) is 2. The molecule has 3 aromatic rings. The summed E-state index contributed by atoms with van der Waals surface area (Å²) in [5.74, 6) is -0.426. The van der Waals surface area contributed by atoms with E-state index in [-0.39, 0.29) is 22.1 Å². The van der Waals surface area contributed by atoms with E-state index in [1.807, 2.05) is 0 Å². The summed E-state index contributed by atoms with van der Waals surface area (Å²) in [7, 11) is 0. The second-order valence-electron chi connectivity index (χ2n) is 5.53. The zero-order chi connectivity index (χ0) is 18.9. The molecule has 4 nitrogen and oxygen atoms in total. The summed E-state index contributed by atoms with van der Waals surface area (Å²) in [5.41, 5.74) is -0.362. The number of aromatic nitrogens is 2. The molecule has 0 saturated heterocycles. The first-order valence-corrected chi connectivity index (χ1v) is 7.94. The van der Waals surface area contributed by atoms with Crippen molar-refractivity contribution in [1.82, 2.24) is 9.78 Å². The highest BCUT2D eigenvalue weighted by Crippen LogP contribution is 2.34. The fourth-order valence-electron chi connectivity index (χ4n) is 2.50. The van der Waals surface area contributed by atoms with Crippen molar-refractivity contribution in [2.45, 2.75) is 13.1 Å². The summed E-state index contributed by atoms with van der Waals surface area (Å²) in [4.78, 5) is 12.5. The number of nitrogens with zero attached hydrogens (tertiary/aromatic N) is 2. The van der Waals surface area contributed by atoms with Crippen LogP contribution in [0.25, 0.3) is 5.69 Å². The van der Waals surface area contributed by atoms with E-state index >= 15 is 0 Å². The number of benzene rings is 2. The van der Waals surface area contributed by atoms with E-state index in [1.165, 1.54) is 30.3 Å². The highest BCUT2D eigenvalue weighted by atomic mass is 35.5. The molecule has 0 aliphatic rings. The molecule has 0 fully saturated rings. The Labute approximate surface area is 152 Å². The van der Waals surface area contributed by atoms with Crippen molar-refractivity contribution in [2.24, 2.45) is 0 Å². The summed E-state index contributed by atoms with van der Waals surface area (Å²) in [5, 5.41) is 6.91. The number of aryl methyl sites for hydroxylation is 1. The molecule has 1 aromatic heterocycles. The molecule has 8 heteroatoms. The lowest BCUT2D eigenvalue weighted by atomic mass is 10.1. The number of carbonyl (C=O) groups excluding carboxylic acids is 1. The third kappa shape index (κ3) is 3.57. The number of para-hydroxylation sites is 1. The number of carbonyl (C=O) groups is 1. The smallest absolute Gasteiger partial charge is 0.306 e. The average Bonchev–Trinajstić information content (AvgIpc) is 2.94. The molecule has 0 aliphatic heterocycles. The topological polar surface area (TPSA) is 46.9 Å². The highest BCUT2D eigenvalue weighted by molar-refractivity contribution is 6.34. The lowest BCUT2D eigenvalue weighted by Gasteiger charge is -2.15. The fourth-order valence-corrected chi connectivity index (χ4v) is 2.72. The molecule has 0 unspecified atom stereocenters. The number of alkyl halides is 3. The molecule has 3 rings (SSSR count). The molecule has 0 bridgehead atoms. The molecule has 2 aromatic carbocycles. The van der Waals surface area contributed by atoms with Crippen LogP contribution in [-0.4, -0.2) is 15.7 Å². The van der Waals surface area contributed by atoms with Gasteiger partial charge >= 0.3 is 6.18 Å². The average molecular weight is 380 g/mol. The third-order valence-electron chi connectivity index (χ3n) is 3.63. The van der Waals surface area contributed by atoms with Gasteiger partial charge in [-0.15, -0.1) is 0 Å². The zero-order valence-corrected chi connectivity index (χ0v) is 14.3. The monoisotopic (exact) mass is 379 g/mol. The van der Waals surface area contributed by atoms with Gasteiger partial charge in [0, 0.05) is 6.07 Å². The van der Waals surface area contributed by atoms with Gasteiger partial charge in [-0.1, -0.05) is 35.9 Å². The predicted octanol–water partition coefficient (Wildman–Crippen LogP) is 5.11. The number of rotatable bonds is 3. The van der Waals surface area contributed by atoms with Gasteiger partial charge in [0.1, 0.15) is 5.82 Å². The second-order valence-corrected chi connectivity index (χ2v) is 5.94. The Balaban J connectivity index is 2.03. The van der Waals surface area contributed by atoms with Gasteiger partial charge in [-0.2, -0.15) is 18.3 Å². The number of anilines is 1. The molecule has 1 amide bonds. The molecule has 1 heterocycles. The Kier molecular flexibility index (Phi) is 4.73. The van der Waals surface area contributed by atoms with Crippen molar-refractivity contribution in [3.63, 3.8) is 0 Å². The van der Waals surface area contributed by atoms with E-state index in [0.717, 1.165) is 10.7 Å². The molecule has 0 saturated carbocycles. The van der Waals surface area contributed by atoms with E-state index in [2.05, 4.69) is 10.4 Å². The van der Waals surface area contributed by atoms with Crippen molar-refractivity contribution in [2.75, 3.05) is 5.32 Å². The SMILES string of the molecule is Cc1cc(NC(=O)c2ccccc2Cl)n(-c2ccccc2C(F)(F)F)n1. The minimum atomic E-state index is -4.56. The van der Waals surface area contributed by atoms with Gasteiger partial charge < -0.3 is 5.32 Å². The van der Waals surface area contributed by atoms with Gasteiger partial charge in [-0.25, -0.2) is 4.68 Å². The summed E-state index contributed by atoms with van der Waals surface area (Å²) in [6.45, 7) is 1.62. The minimum Gasteiger partial charge on any atom is -0.306 e. The predicted molar refractivity (Wildman–Crippen MR) is 92.7 cm³/mol. The quantitative estimate of drug-likeness (QED) is 0.687. The van der Waals surface area contributed by atoms with Crippen LogP contribution in [0.2, 0.25) is 5.02 Å². The molecule has 0 spiro atoms. The Morgan fingerprint density at radius 2 is 1.77 bits per heavy atom. The van der Waals surface area contributed by atoms with Crippen LogP contribution in [0.4, 0.5) is 19.0 Å². The lowest BCUT2D eigenvalue weighted by molar-refractivity contribution is -0.137. The van der Waals surface area contributed by atoms with Crippen LogP contribution >= 0.6 is 11.6 Å². The standard InChI is InChI=1S/C18H13ClF3N3O/c1-11-10-16(23-17(26)12-6-2-4-8-14(12)19)25(24-11)15-9-5-3-7-13(15)18(20,21)22/h2-10H,1H3,(H,23,26).